The number of nitrogens with one attached hydrogen (secondary N) is 1. The Morgan fingerprint density at radius 1 is 1.20 bits per heavy atom. The second-order valence-electron chi connectivity index (χ2n) is 6.44. The lowest BCUT2D eigenvalue weighted by Crippen LogP contribution is -2.30. The van der Waals surface area contributed by atoms with Crippen LogP contribution in [0, 0.1) is 17.8 Å². The maximum absolute atomic E-state index is 4.60. The molecule has 1 rings (SSSR count). The van der Waals surface area contributed by atoms with Gasteiger partial charge in [-0.05, 0) is 59.6 Å². The lowest BCUT2D eigenvalue weighted by Gasteiger charge is -2.22. The highest BCUT2D eigenvalue weighted by Crippen LogP contribution is 2.26. The summed E-state index contributed by atoms with van der Waals surface area (Å²) in [5, 5.41) is 8.20. The van der Waals surface area contributed by atoms with Gasteiger partial charge in [0.2, 0.25) is 0 Å². The molecule has 1 unspecified atom stereocenters. The molecule has 0 aliphatic rings. The molecule has 20 heavy (non-hydrogen) atoms. The zero-order valence-electron chi connectivity index (χ0n) is 13.8. The van der Waals surface area contributed by atoms with Gasteiger partial charge in [-0.2, -0.15) is 5.10 Å². The van der Waals surface area contributed by atoms with Gasteiger partial charge < -0.3 is 5.32 Å². The van der Waals surface area contributed by atoms with E-state index in [0.29, 0.717) is 17.8 Å². The van der Waals surface area contributed by atoms with Gasteiger partial charge in [-0.25, -0.2) is 0 Å². The highest BCUT2D eigenvalue weighted by atomic mass is 79.9. The van der Waals surface area contributed by atoms with Crippen molar-refractivity contribution in [1.82, 2.24) is 15.1 Å². The van der Waals surface area contributed by atoms with E-state index in [1.165, 1.54) is 15.9 Å². The normalized spacial score (nSPS) is 13.4. The van der Waals surface area contributed by atoms with Crippen molar-refractivity contribution in [2.24, 2.45) is 24.8 Å². The van der Waals surface area contributed by atoms with Crippen LogP contribution in [0.4, 0.5) is 0 Å². The van der Waals surface area contributed by atoms with E-state index < -0.39 is 0 Å². The summed E-state index contributed by atoms with van der Waals surface area (Å²) in [6, 6.07) is 0. The van der Waals surface area contributed by atoms with E-state index in [0.717, 1.165) is 25.9 Å². The minimum absolute atomic E-state index is 0.644. The number of hydrogen-bond acceptors (Lipinski definition) is 2. The zero-order valence-corrected chi connectivity index (χ0v) is 15.4. The molecule has 0 bridgehead atoms. The quantitative estimate of drug-likeness (QED) is 0.777. The second-order valence-corrected chi connectivity index (χ2v) is 7.24. The highest BCUT2D eigenvalue weighted by Gasteiger charge is 2.20. The van der Waals surface area contributed by atoms with Crippen LogP contribution in [0.25, 0.3) is 0 Å². The summed E-state index contributed by atoms with van der Waals surface area (Å²) in [6.07, 6.45) is 2.05. The molecule has 0 saturated carbocycles. The van der Waals surface area contributed by atoms with Crippen LogP contribution < -0.4 is 5.32 Å². The van der Waals surface area contributed by atoms with E-state index >= 15 is 0 Å². The van der Waals surface area contributed by atoms with E-state index in [9.17, 15) is 0 Å². The van der Waals surface area contributed by atoms with Gasteiger partial charge in [0.1, 0.15) is 0 Å². The van der Waals surface area contributed by atoms with Gasteiger partial charge >= 0.3 is 0 Å². The van der Waals surface area contributed by atoms with Crippen LogP contribution in [0.5, 0.6) is 0 Å². The average molecular weight is 344 g/mol. The molecule has 3 nitrogen and oxygen atoms in total. The maximum Gasteiger partial charge on any atom is 0.0766 e. The fraction of sp³-hybridized carbons (Fsp3) is 0.812. The molecule has 0 aliphatic heterocycles. The predicted molar refractivity (Wildman–Crippen MR) is 90.0 cm³/mol. The molecule has 0 aromatic carbocycles. The standard InChI is InChI=1S/C16H30BrN3/c1-7-14-16(17)15(20(6)19-14)8-13(12(4)5)10-18-9-11(2)3/h11-13,18H,7-10H2,1-6H3. The van der Waals surface area contributed by atoms with E-state index in [1.807, 2.05) is 4.68 Å². The summed E-state index contributed by atoms with van der Waals surface area (Å²) in [7, 11) is 2.05. The SMILES string of the molecule is CCc1nn(C)c(CC(CNCC(C)C)C(C)C)c1Br. The van der Waals surface area contributed by atoms with Crippen LogP contribution in [-0.2, 0) is 19.9 Å². The first-order valence-corrected chi connectivity index (χ1v) is 8.57. The molecule has 1 heterocycles. The van der Waals surface area contributed by atoms with E-state index in [2.05, 4.69) is 68.0 Å². The Morgan fingerprint density at radius 3 is 2.30 bits per heavy atom. The molecule has 0 aliphatic carbocycles. The maximum atomic E-state index is 4.60. The lowest BCUT2D eigenvalue weighted by atomic mass is 9.90. The second kappa shape index (κ2) is 8.18. The number of nitrogens with zero attached hydrogens (tertiary/aromatic N) is 2. The number of halogens is 1. The number of hydrogen-bond donors (Lipinski definition) is 1. The third-order valence-electron chi connectivity index (χ3n) is 3.86. The van der Waals surface area contributed by atoms with Crippen molar-refractivity contribution in [2.75, 3.05) is 13.1 Å². The third kappa shape index (κ3) is 4.88. The van der Waals surface area contributed by atoms with Crippen molar-refractivity contribution >= 4 is 15.9 Å². The molecular weight excluding hydrogens is 314 g/mol. The molecule has 4 heteroatoms. The molecule has 0 spiro atoms. The summed E-state index contributed by atoms with van der Waals surface area (Å²) in [6.45, 7) is 13.5. The first kappa shape index (κ1) is 17.7. The first-order chi connectivity index (χ1) is 9.36. The van der Waals surface area contributed by atoms with Crippen LogP contribution in [0.15, 0.2) is 4.47 Å². The topological polar surface area (TPSA) is 29.9 Å². The van der Waals surface area contributed by atoms with Gasteiger partial charge in [-0.15, -0.1) is 0 Å². The largest absolute Gasteiger partial charge is 0.316 e. The lowest BCUT2D eigenvalue weighted by molar-refractivity contribution is 0.346. The van der Waals surface area contributed by atoms with Gasteiger partial charge in [-0.1, -0.05) is 34.6 Å². The molecule has 0 fully saturated rings. The molecular formula is C16H30BrN3. The van der Waals surface area contributed by atoms with Gasteiger partial charge in [-0.3, -0.25) is 4.68 Å². The van der Waals surface area contributed by atoms with Crippen LogP contribution in [0.2, 0.25) is 0 Å². The Hall–Kier alpha value is -0.350. The molecule has 1 aromatic rings. The van der Waals surface area contributed by atoms with Crippen LogP contribution in [0.1, 0.15) is 46.0 Å². The van der Waals surface area contributed by atoms with Crippen LogP contribution >= 0.6 is 15.9 Å². The summed E-state index contributed by atoms with van der Waals surface area (Å²) in [5.41, 5.74) is 2.49. The third-order valence-corrected chi connectivity index (χ3v) is 4.78. The van der Waals surface area contributed by atoms with Crippen molar-refractivity contribution in [3.8, 4) is 0 Å². The van der Waals surface area contributed by atoms with Crippen molar-refractivity contribution in [3.63, 3.8) is 0 Å². The summed E-state index contributed by atoms with van der Waals surface area (Å²) >= 11 is 3.73. The van der Waals surface area contributed by atoms with Gasteiger partial charge in [0, 0.05) is 7.05 Å². The zero-order chi connectivity index (χ0) is 15.3. The van der Waals surface area contributed by atoms with Crippen molar-refractivity contribution < 1.29 is 0 Å². The molecule has 0 radical (unpaired) electrons. The van der Waals surface area contributed by atoms with Gasteiger partial charge in [0.05, 0.1) is 15.9 Å². The predicted octanol–water partition coefficient (Wildman–Crippen LogP) is 3.81. The summed E-state index contributed by atoms with van der Waals surface area (Å²) in [5.74, 6) is 2.02. The molecule has 0 saturated heterocycles. The molecule has 1 N–H and O–H groups in total. The van der Waals surface area contributed by atoms with E-state index in [4.69, 9.17) is 0 Å². The number of rotatable bonds is 8. The van der Waals surface area contributed by atoms with Crippen LogP contribution in [0.3, 0.4) is 0 Å². The summed E-state index contributed by atoms with van der Waals surface area (Å²) < 4.78 is 3.25. The molecule has 116 valence electrons. The van der Waals surface area contributed by atoms with Crippen molar-refractivity contribution in [3.05, 3.63) is 15.9 Å². The Morgan fingerprint density at radius 2 is 1.85 bits per heavy atom. The monoisotopic (exact) mass is 343 g/mol. The fourth-order valence-corrected chi connectivity index (χ4v) is 3.17. The minimum Gasteiger partial charge on any atom is -0.316 e. The average Bonchev–Trinajstić information content (AvgIpc) is 2.63. The smallest absolute Gasteiger partial charge is 0.0766 e. The van der Waals surface area contributed by atoms with Crippen molar-refractivity contribution in [1.29, 1.82) is 0 Å². The molecule has 0 amide bonds. The Kier molecular flexibility index (Phi) is 7.24. The Bertz CT molecular complexity index is 410. The summed E-state index contributed by atoms with van der Waals surface area (Å²) in [4.78, 5) is 0. The number of aryl methyl sites for hydroxylation is 2. The number of aromatic nitrogens is 2. The van der Waals surface area contributed by atoms with Gasteiger partial charge in [0.25, 0.3) is 0 Å². The van der Waals surface area contributed by atoms with Crippen LogP contribution in [-0.4, -0.2) is 22.9 Å². The minimum atomic E-state index is 0.644. The van der Waals surface area contributed by atoms with Crippen molar-refractivity contribution in [2.45, 2.75) is 47.5 Å². The molecule has 1 aromatic heterocycles. The first-order valence-electron chi connectivity index (χ1n) is 7.77. The van der Waals surface area contributed by atoms with E-state index in [-0.39, 0.29) is 0 Å². The Balaban J connectivity index is 2.73. The highest BCUT2D eigenvalue weighted by molar-refractivity contribution is 9.10. The fourth-order valence-electron chi connectivity index (χ4n) is 2.39. The Labute approximate surface area is 132 Å². The van der Waals surface area contributed by atoms with Gasteiger partial charge in [0.15, 0.2) is 0 Å². The molecule has 1 atom stereocenters. The van der Waals surface area contributed by atoms with E-state index in [1.54, 1.807) is 0 Å².